The maximum atomic E-state index is 13.0. The van der Waals surface area contributed by atoms with Gasteiger partial charge < -0.3 is 19.3 Å². The molecule has 0 spiro atoms. The van der Waals surface area contributed by atoms with Gasteiger partial charge in [-0.15, -0.1) is 0 Å². The third-order valence-electron chi connectivity index (χ3n) is 5.06. The molecule has 0 saturated carbocycles. The van der Waals surface area contributed by atoms with E-state index in [1.807, 2.05) is 25.1 Å². The van der Waals surface area contributed by atoms with Crippen LogP contribution in [0.1, 0.15) is 27.6 Å². The van der Waals surface area contributed by atoms with Gasteiger partial charge in [-0.25, -0.2) is 9.78 Å². The number of nitrogens with zero attached hydrogens (tertiary/aromatic N) is 3. The molecule has 0 aliphatic carbocycles. The van der Waals surface area contributed by atoms with E-state index in [4.69, 9.17) is 14.5 Å². The van der Waals surface area contributed by atoms with Gasteiger partial charge in [-0.3, -0.25) is 4.79 Å². The Hall–Kier alpha value is -3.13. The van der Waals surface area contributed by atoms with Crippen molar-refractivity contribution < 1.29 is 19.1 Å². The van der Waals surface area contributed by atoms with Crippen molar-refractivity contribution in [2.75, 3.05) is 44.8 Å². The predicted molar refractivity (Wildman–Crippen MR) is 117 cm³/mol. The second kappa shape index (κ2) is 8.71. The highest BCUT2D eigenvalue weighted by Gasteiger charge is 2.26. The van der Waals surface area contributed by atoms with Gasteiger partial charge in [-0.05, 0) is 37.3 Å². The van der Waals surface area contributed by atoms with Crippen molar-refractivity contribution in [3.63, 3.8) is 0 Å². The second-order valence-electron chi connectivity index (χ2n) is 6.88. The summed E-state index contributed by atoms with van der Waals surface area (Å²) >= 11 is 1.63. The molecular formula is C22H23N3O4S. The molecule has 0 bridgehead atoms. The molecule has 4 rings (SSSR count). The van der Waals surface area contributed by atoms with Crippen molar-refractivity contribution in [3.8, 4) is 5.75 Å². The number of hydrogen-bond donors (Lipinski definition) is 0. The average molecular weight is 426 g/mol. The van der Waals surface area contributed by atoms with E-state index in [9.17, 15) is 9.59 Å². The summed E-state index contributed by atoms with van der Waals surface area (Å²) in [5.74, 6) is 0.194. The third-order valence-corrected chi connectivity index (χ3v) is 6.14. The summed E-state index contributed by atoms with van der Waals surface area (Å²) in [6.45, 7) is 5.09. The van der Waals surface area contributed by atoms with Crippen LogP contribution >= 0.6 is 11.3 Å². The topological polar surface area (TPSA) is 72.0 Å². The zero-order valence-electron chi connectivity index (χ0n) is 17.0. The first kappa shape index (κ1) is 20.2. The molecule has 1 fully saturated rings. The lowest BCUT2D eigenvalue weighted by Gasteiger charge is -2.34. The lowest BCUT2D eigenvalue weighted by Crippen LogP contribution is -2.49. The first-order valence-corrected chi connectivity index (χ1v) is 10.7. The number of piperazine rings is 1. The summed E-state index contributed by atoms with van der Waals surface area (Å²) in [4.78, 5) is 33.7. The summed E-state index contributed by atoms with van der Waals surface area (Å²) in [7, 11) is 1.32. The quantitative estimate of drug-likeness (QED) is 0.583. The van der Waals surface area contributed by atoms with Crippen LogP contribution in [0.25, 0.3) is 10.2 Å². The number of aromatic nitrogens is 1. The van der Waals surface area contributed by atoms with Gasteiger partial charge in [0, 0.05) is 26.2 Å². The maximum Gasteiger partial charge on any atom is 0.338 e. The fourth-order valence-electron chi connectivity index (χ4n) is 3.51. The van der Waals surface area contributed by atoms with E-state index in [2.05, 4.69) is 4.90 Å². The highest BCUT2D eigenvalue weighted by molar-refractivity contribution is 7.22. The highest BCUT2D eigenvalue weighted by Crippen LogP contribution is 2.32. The van der Waals surface area contributed by atoms with E-state index in [0.717, 1.165) is 21.1 Å². The van der Waals surface area contributed by atoms with Crippen LogP contribution in [0.15, 0.2) is 42.5 Å². The minimum Gasteiger partial charge on any atom is -0.494 e. The van der Waals surface area contributed by atoms with Crippen LogP contribution in [0, 0.1) is 0 Å². The predicted octanol–water partition coefficient (Wildman–Crippen LogP) is 3.44. The summed E-state index contributed by atoms with van der Waals surface area (Å²) in [5.41, 5.74) is 1.62. The van der Waals surface area contributed by atoms with Crippen molar-refractivity contribution in [2.45, 2.75) is 6.92 Å². The van der Waals surface area contributed by atoms with Crippen LogP contribution in [0.2, 0.25) is 0 Å². The van der Waals surface area contributed by atoms with Crippen molar-refractivity contribution in [1.29, 1.82) is 0 Å². The lowest BCUT2D eigenvalue weighted by molar-refractivity contribution is 0.0589. The van der Waals surface area contributed by atoms with Crippen LogP contribution in [-0.4, -0.2) is 61.7 Å². The number of anilines is 1. The summed E-state index contributed by atoms with van der Waals surface area (Å²) in [6.07, 6.45) is 0. The number of fused-ring (bicyclic) bond motifs is 1. The Morgan fingerprint density at radius 2 is 1.80 bits per heavy atom. The van der Waals surface area contributed by atoms with Crippen molar-refractivity contribution >= 4 is 38.6 Å². The number of amides is 1. The van der Waals surface area contributed by atoms with Gasteiger partial charge in [-0.1, -0.05) is 23.5 Å². The fraction of sp³-hybridized carbons (Fsp3) is 0.318. The minimum absolute atomic E-state index is 0.152. The second-order valence-corrected chi connectivity index (χ2v) is 7.88. The zero-order chi connectivity index (χ0) is 21.1. The molecule has 30 heavy (non-hydrogen) atoms. The number of methoxy groups -OCH3 is 1. The van der Waals surface area contributed by atoms with Gasteiger partial charge in [0.25, 0.3) is 5.91 Å². The SMILES string of the molecule is CCOc1ccc2nc(N3CCN(C(=O)c4ccccc4C(=O)OC)CC3)sc2c1. The standard InChI is InChI=1S/C22H23N3O4S/c1-3-29-15-8-9-18-19(14-15)30-22(23-18)25-12-10-24(11-13-25)20(26)16-6-4-5-7-17(16)21(27)28-2/h4-9,14H,3,10-13H2,1-2H3. The van der Waals surface area contributed by atoms with Gasteiger partial charge in [-0.2, -0.15) is 0 Å². The molecule has 8 heteroatoms. The molecule has 1 saturated heterocycles. The highest BCUT2D eigenvalue weighted by atomic mass is 32.1. The first-order valence-electron chi connectivity index (χ1n) is 9.85. The minimum atomic E-state index is -0.501. The molecule has 156 valence electrons. The van der Waals surface area contributed by atoms with E-state index in [1.165, 1.54) is 7.11 Å². The van der Waals surface area contributed by atoms with Crippen LogP contribution in [0.5, 0.6) is 5.75 Å². The van der Waals surface area contributed by atoms with Gasteiger partial charge >= 0.3 is 5.97 Å². The molecule has 2 aromatic carbocycles. The fourth-order valence-corrected chi connectivity index (χ4v) is 4.56. The number of carbonyl (C=O) groups excluding carboxylic acids is 2. The Labute approximate surface area is 178 Å². The number of rotatable bonds is 5. The van der Waals surface area contributed by atoms with Gasteiger partial charge in [0.15, 0.2) is 5.13 Å². The molecule has 0 atom stereocenters. The summed E-state index contributed by atoms with van der Waals surface area (Å²) in [5, 5.41) is 0.945. The Bertz CT molecular complexity index is 1070. The zero-order valence-corrected chi connectivity index (χ0v) is 17.8. The number of esters is 1. The Balaban J connectivity index is 1.46. The number of thiazole rings is 1. The number of ether oxygens (including phenoxy) is 2. The Kier molecular flexibility index (Phi) is 5.85. The summed E-state index contributed by atoms with van der Waals surface area (Å²) in [6, 6.07) is 12.7. The largest absolute Gasteiger partial charge is 0.494 e. The van der Waals surface area contributed by atoms with Gasteiger partial charge in [0.2, 0.25) is 0 Å². The number of hydrogen-bond acceptors (Lipinski definition) is 7. The molecule has 0 radical (unpaired) electrons. The molecule has 7 nitrogen and oxygen atoms in total. The molecule has 1 aliphatic heterocycles. The van der Waals surface area contributed by atoms with Gasteiger partial charge in [0.1, 0.15) is 5.75 Å². The smallest absolute Gasteiger partial charge is 0.338 e. The number of carbonyl (C=O) groups is 2. The lowest BCUT2D eigenvalue weighted by atomic mass is 10.1. The van der Waals surface area contributed by atoms with E-state index in [0.29, 0.717) is 43.9 Å². The summed E-state index contributed by atoms with van der Waals surface area (Å²) < 4.78 is 11.5. The Morgan fingerprint density at radius 3 is 2.50 bits per heavy atom. The van der Waals surface area contributed by atoms with E-state index >= 15 is 0 Å². The third kappa shape index (κ3) is 3.95. The van der Waals surface area contributed by atoms with Crippen molar-refractivity contribution in [3.05, 3.63) is 53.6 Å². The van der Waals surface area contributed by atoms with Crippen LogP contribution in [-0.2, 0) is 4.74 Å². The van der Waals surface area contributed by atoms with Crippen LogP contribution in [0.4, 0.5) is 5.13 Å². The molecular weight excluding hydrogens is 402 g/mol. The Morgan fingerprint density at radius 1 is 1.07 bits per heavy atom. The van der Waals surface area contributed by atoms with Gasteiger partial charge in [0.05, 0.1) is 35.1 Å². The van der Waals surface area contributed by atoms with Crippen molar-refractivity contribution in [1.82, 2.24) is 9.88 Å². The molecule has 1 aromatic heterocycles. The van der Waals surface area contributed by atoms with E-state index < -0.39 is 5.97 Å². The van der Waals surface area contributed by atoms with E-state index in [1.54, 1.807) is 40.5 Å². The maximum absolute atomic E-state index is 13.0. The van der Waals surface area contributed by atoms with Crippen LogP contribution < -0.4 is 9.64 Å². The average Bonchev–Trinajstić information content (AvgIpc) is 3.22. The first-order chi connectivity index (χ1) is 14.6. The molecule has 0 unspecified atom stereocenters. The number of benzene rings is 2. The molecule has 0 N–H and O–H groups in total. The van der Waals surface area contributed by atoms with Crippen molar-refractivity contribution in [2.24, 2.45) is 0 Å². The monoisotopic (exact) mass is 425 g/mol. The molecule has 3 aromatic rings. The normalized spacial score (nSPS) is 14.1. The molecule has 2 heterocycles. The van der Waals surface area contributed by atoms with E-state index in [-0.39, 0.29) is 5.91 Å². The molecule has 1 amide bonds. The molecule has 1 aliphatic rings. The van der Waals surface area contributed by atoms with Crippen LogP contribution in [0.3, 0.4) is 0 Å².